The highest BCUT2D eigenvalue weighted by molar-refractivity contribution is 9.10. The molecule has 0 bridgehead atoms. The average molecular weight is 328 g/mol. The minimum atomic E-state index is -0.522. The number of benzene rings is 1. The standard InChI is InChI=1S/C15H22BrNO2/c1-5-10-19-13-8-6-12(7-9-13)11-17(4)14(18)15(2,3)16/h6-9H,5,10-11H2,1-4H3. The molecule has 1 aromatic rings. The molecule has 1 amide bonds. The van der Waals surface area contributed by atoms with E-state index in [0.717, 1.165) is 24.3 Å². The number of nitrogens with zero attached hydrogens (tertiary/aromatic N) is 1. The molecule has 19 heavy (non-hydrogen) atoms. The van der Waals surface area contributed by atoms with E-state index in [1.807, 2.05) is 45.2 Å². The first kappa shape index (κ1) is 16.0. The molecular weight excluding hydrogens is 306 g/mol. The van der Waals surface area contributed by atoms with Crippen molar-refractivity contribution in [2.75, 3.05) is 13.7 Å². The number of amides is 1. The van der Waals surface area contributed by atoms with Gasteiger partial charge in [0.05, 0.1) is 10.9 Å². The van der Waals surface area contributed by atoms with Crippen molar-refractivity contribution in [2.24, 2.45) is 0 Å². The van der Waals surface area contributed by atoms with Gasteiger partial charge >= 0.3 is 0 Å². The number of carbonyl (C=O) groups is 1. The number of carbonyl (C=O) groups excluding carboxylic acids is 1. The fourth-order valence-corrected chi connectivity index (χ4v) is 2.01. The SMILES string of the molecule is CCCOc1ccc(CN(C)C(=O)C(C)(C)Br)cc1. The van der Waals surface area contributed by atoms with Gasteiger partial charge in [-0.1, -0.05) is 35.0 Å². The summed E-state index contributed by atoms with van der Waals surface area (Å²) in [4.78, 5) is 13.8. The van der Waals surface area contributed by atoms with Crippen molar-refractivity contribution in [3.05, 3.63) is 29.8 Å². The summed E-state index contributed by atoms with van der Waals surface area (Å²) in [7, 11) is 1.81. The molecule has 0 N–H and O–H groups in total. The van der Waals surface area contributed by atoms with E-state index in [1.54, 1.807) is 4.90 Å². The van der Waals surface area contributed by atoms with Crippen molar-refractivity contribution >= 4 is 21.8 Å². The summed E-state index contributed by atoms with van der Waals surface area (Å²) < 4.78 is 5.01. The molecule has 0 spiro atoms. The van der Waals surface area contributed by atoms with Crippen molar-refractivity contribution in [1.29, 1.82) is 0 Å². The van der Waals surface area contributed by atoms with Gasteiger partial charge < -0.3 is 9.64 Å². The topological polar surface area (TPSA) is 29.5 Å². The van der Waals surface area contributed by atoms with E-state index in [1.165, 1.54) is 0 Å². The Hall–Kier alpha value is -1.03. The molecule has 106 valence electrons. The average Bonchev–Trinajstić information content (AvgIpc) is 2.36. The van der Waals surface area contributed by atoms with Crippen LogP contribution in [0.4, 0.5) is 0 Å². The summed E-state index contributed by atoms with van der Waals surface area (Å²) in [5.74, 6) is 0.944. The molecule has 0 aliphatic rings. The van der Waals surface area contributed by atoms with Crippen LogP contribution in [0, 0.1) is 0 Å². The molecule has 0 fully saturated rings. The van der Waals surface area contributed by atoms with Crippen LogP contribution >= 0.6 is 15.9 Å². The highest BCUT2D eigenvalue weighted by atomic mass is 79.9. The zero-order chi connectivity index (χ0) is 14.5. The number of hydrogen-bond acceptors (Lipinski definition) is 2. The Labute approximate surface area is 124 Å². The van der Waals surface area contributed by atoms with Crippen molar-refractivity contribution in [3.8, 4) is 5.75 Å². The van der Waals surface area contributed by atoms with Crippen LogP contribution in [0.5, 0.6) is 5.75 Å². The van der Waals surface area contributed by atoms with Gasteiger partial charge in [0.25, 0.3) is 0 Å². The molecule has 0 saturated heterocycles. The van der Waals surface area contributed by atoms with Crippen LogP contribution in [0.25, 0.3) is 0 Å². The van der Waals surface area contributed by atoms with Gasteiger partial charge in [0, 0.05) is 13.6 Å². The second-order valence-electron chi connectivity index (χ2n) is 5.13. The second-order valence-corrected chi connectivity index (χ2v) is 7.11. The lowest BCUT2D eigenvalue weighted by Gasteiger charge is -2.24. The lowest BCUT2D eigenvalue weighted by Crippen LogP contribution is -2.38. The zero-order valence-corrected chi connectivity index (χ0v) is 13.7. The highest BCUT2D eigenvalue weighted by Crippen LogP contribution is 2.20. The maximum Gasteiger partial charge on any atom is 0.238 e. The van der Waals surface area contributed by atoms with E-state index >= 15 is 0 Å². The summed E-state index contributed by atoms with van der Waals surface area (Å²) in [6, 6.07) is 7.89. The molecule has 0 aromatic heterocycles. The van der Waals surface area contributed by atoms with E-state index in [0.29, 0.717) is 6.54 Å². The zero-order valence-electron chi connectivity index (χ0n) is 12.1. The van der Waals surface area contributed by atoms with Crippen molar-refractivity contribution < 1.29 is 9.53 Å². The molecule has 1 rings (SSSR count). The van der Waals surface area contributed by atoms with Crippen LogP contribution in [-0.2, 0) is 11.3 Å². The first-order valence-electron chi connectivity index (χ1n) is 6.50. The van der Waals surface area contributed by atoms with Crippen LogP contribution in [0.3, 0.4) is 0 Å². The number of ether oxygens (including phenoxy) is 1. The summed E-state index contributed by atoms with van der Waals surface area (Å²) in [6.07, 6.45) is 0.999. The Morgan fingerprint density at radius 1 is 1.32 bits per heavy atom. The van der Waals surface area contributed by atoms with Crippen molar-refractivity contribution in [3.63, 3.8) is 0 Å². The first-order chi connectivity index (χ1) is 8.84. The highest BCUT2D eigenvalue weighted by Gasteiger charge is 2.26. The van der Waals surface area contributed by atoms with E-state index in [9.17, 15) is 4.79 Å². The van der Waals surface area contributed by atoms with Crippen LogP contribution in [0.15, 0.2) is 24.3 Å². The predicted octanol–water partition coefficient (Wildman–Crippen LogP) is 3.61. The van der Waals surface area contributed by atoms with E-state index in [2.05, 4.69) is 22.9 Å². The third-order valence-corrected chi connectivity index (χ3v) is 3.01. The fourth-order valence-electron chi connectivity index (χ4n) is 1.71. The summed E-state index contributed by atoms with van der Waals surface area (Å²) in [6.45, 7) is 7.12. The molecule has 0 heterocycles. The number of hydrogen-bond donors (Lipinski definition) is 0. The van der Waals surface area contributed by atoms with Gasteiger partial charge in [0.1, 0.15) is 5.75 Å². The van der Waals surface area contributed by atoms with Gasteiger partial charge in [-0.05, 0) is 38.0 Å². The number of alkyl halides is 1. The lowest BCUT2D eigenvalue weighted by atomic mass is 10.1. The van der Waals surface area contributed by atoms with Gasteiger partial charge in [0.2, 0.25) is 5.91 Å². The van der Waals surface area contributed by atoms with Crippen LogP contribution in [0.2, 0.25) is 0 Å². The van der Waals surface area contributed by atoms with E-state index in [-0.39, 0.29) is 5.91 Å². The maximum absolute atomic E-state index is 12.0. The Morgan fingerprint density at radius 3 is 2.37 bits per heavy atom. The van der Waals surface area contributed by atoms with E-state index in [4.69, 9.17) is 4.74 Å². The quantitative estimate of drug-likeness (QED) is 0.747. The smallest absolute Gasteiger partial charge is 0.238 e. The molecule has 0 aliphatic carbocycles. The Kier molecular flexibility index (Phi) is 5.85. The monoisotopic (exact) mass is 327 g/mol. The first-order valence-corrected chi connectivity index (χ1v) is 7.30. The second kappa shape index (κ2) is 6.94. The minimum Gasteiger partial charge on any atom is -0.494 e. The third-order valence-electron chi connectivity index (χ3n) is 2.67. The summed E-state index contributed by atoms with van der Waals surface area (Å²) in [5.41, 5.74) is 1.09. The Bertz CT molecular complexity index is 409. The fraction of sp³-hybridized carbons (Fsp3) is 0.533. The summed E-state index contributed by atoms with van der Waals surface area (Å²) >= 11 is 3.39. The van der Waals surface area contributed by atoms with Crippen LogP contribution < -0.4 is 4.74 Å². The molecular formula is C15H22BrNO2. The largest absolute Gasteiger partial charge is 0.494 e. The number of halogens is 1. The van der Waals surface area contributed by atoms with Gasteiger partial charge in [-0.25, -0.2) is 0 Å². The normalized spacial score (nSPS) is 11.2. The van der Waals surface area contributed by atoms with Gasteiger partial charge in [-0.3, -0.25) is 4.79 Å². The van der Waals surface area contributed by atoms with Crippen LogP contribution in [0.1, 0.15) is 32.8 Å². The van der Waals surface area contributed by atoms with Gasteiger partial charge in [0.15, 0.2) is 0 Å². The minimum absolute atomic E-state index is 0.0683. The van der Waals surface area contributed by atoms with Crippen molar-refractivity contribution in [1.82, 2.24) is 4.90 Å². The molecule has 3 nitrogen and oxygen atoms in total. The molecule has 4 heteroatoms. The van der Waals surface area contributed by atoms with Crippen LogP contribution in [-0.4, -0.2) is 28.8 Å². The lowest BCUT2D eigenvalue weighted by molar-refractivity contribution is -0.131. The van der Waals surface area contributed by atoms with Gasteiger partial charge in [-0.2, -0.15) is 0 Å². The predicted molar refractivity (Wildman–Crippen MR) is 81.7 cm³/mol. The molecule has 0 aliphatic heterocycles. The van der Waals surface area contributed by atoms with E-state index < -0.39 is 4.32 Å². The molecule has 0 atom stereocenters. The molecule has 0 saturated carbocycles. The maximum atomic E-state index is 12.0. The third kappa shape index (κ3) is 5.23. The number of rotatable bonds is 6. The van der Waals surface area contributed by atoms with Gasteiger partial charge in [-0.15, -0.1) is 0 Å². The Morgan fingerprint density at radius 2 is 1.89 bits per heavy atom. The Balaban J connectivity index is 2.60. The molecule has 0 radical (unpaired) electrons. The summed E-state index contributed by atoms with van der Waals surface area (Å²) in [5, 5.41) is 0. The van der Waals surface area contributed by atoms with Crippen molar-refractivity contribution in [2.45, 2.75) is 38.1 Å². The molecule has 1 aromatic carbocycles. The molecule has 0 unspecified atom stereocenters.